The molecule has 0 saturated heterocycles. The predicted molar refractivity (Wildman–Crippen MR) is 79.8 cm³/mol. The molecule has 0 spiro atoms. The average Bonchev–Trinajstić information content (AvgIpc) is 2.48. The summed E-state index contributed by atoms with van der Waals surface area (Å²) in [6.07, 6.45) is 0. The quantitative estimate of drug-likeness (QED) is 0.798. The molecule has 0 radical (unpaired) electrons. The first kappa shape index (κ1) is 14.3. The van der Waals surface area contributed by atoms with E-state index in [2.05, 4.69) is 22.0 Å². The van der Waals surface area contributed by atoms with E-state index in [0.717, 1.165) is 4.47 Å². The Balaban J connectivity index is 2.32. The van der Waals surface area contributed by atoms with Gasteiger partial charge in [-0.15, -0.1) is 0 Å². The highest BCUT2D eigenvalue weighted by atomic mass is 79.9. The first-order chi connectivity index (χ1) is 9.65. The highest BCUT2D eigenvalue weighted by Gasteiger charge is 2.21. The fourth-order valence-corrected chi connectivity index (χ4v) is 2.29. The van der Waals surface area contributed by atoms with Crippen LogP contribution in [-0.2, 0) is 0 Å². The van der Waals surface area contributed by atoms with E-state index in [1.165, 1.54) is 0 Å². The molecule has 20 heavy (non-hydrogen) atoms. The summed E-state index contributed by atoms with van der Waals surface area (Å²) in [5, 5.41) is 9.29. The molecule has 0 saturated carbocycles. The number of Topliss-reactive ketones (excluding diaryl/α,β-unsaturated/α-hetero) is 1. The summed E-state index contributed by atoms with van der Waals surface area (Å²) in [6.45, 7) is 0. The van der Waals surface area contributed by atoms with Crippen molar-refractivity contribution in [2.75, 3.05) is 7.11 Å². The topological polar surface area (TPSA) is 50.1 Å². The van der Waals surface area contributed by atoms with Crippen molar-refractivity contribution < 1.29 is 9.53 Å². The van der Waals surface area contributed by atoms with E-state index >= 15 is 0 Å². The number of nitriles is 1. The highest BCUT2D eigenvalue weighted by molar-refractivity contribution is 9.10. The van der Waals surface area contributed by atoms with Gasteiger partial charge in [0, 0.05) is 10.0 Å². The van der Waals surface area contributed by atoms with Gasteiger partial charge in [0.1, 0.15) is 11.7 Å². The van der Waals surface area contributed by atoms with E-state index in [0.29, 0.717) is 16.9 Å². The Hall–Kier alpha value is -2.12. The molecule has 0 heterocycles. The normalized spacial score (nSPS) is 11.4. The van der Waals surface area contributed by atoms with Crippen LogP contribution in [0.5, 0.6) is 5.75 Å². The number of carbonyl (C=O) groups is 1. The zero-order chi connectivity index (χ0) is 14.5. The van der Waals surface area contributed by atoms with Gasteiger partial charge in [-0.25, -0.2) is 0 Å². The number of ketones is 1. The molecule has 1 unspecified atom stereocenters. The second-order valence-electron chi connectivity index (χ2n) is 4.21. The lowest BCUT2D eigenvalue weighted by Crippen LogP contribution is -2.11. The Labute approximate surface area is 125 Å². The number of hydrogen-bond donors (Lipinski definition) is 0. The molecule has 0 bridgehead atoms. The Morgan fingerprint density at radius 2 is 1.95 bits per heavy atom. The third kappa shape index (κ3) is 3.06. The lowest BCUT2D eigenvalue weighted by atomic mass is 9.92. The molecular weight excluding hydrogens is 318 g/mol. The summed E-state index contributed by atoms with van der Waals surface area (Å²) in [7, 11) is 1.57. The maximum Gasteiger partial charge on any atom is 0.184 e. The van der Waals surface area contributed by atoms with Crippen LogP contribution in [0.25, 0.3) is 0 Å². The molecule has 2 aromatic rings. The molecule has 0 N–H and O–H groups in total. The summed E-state index contributed by atoms with van der Waals surface area (Å²) in [4.78, 5) is 12.4. The van der Waals surface area contributed by atoms with Gasteiger partial charge in [0.05, 0.1) is 13.2 Å². The summed E-state index contributed by atoms with van der Waals surface area (Å²) in [5.41, 5.74) is 1.18. The van der Waals surface area contributed by atoms with Crippen LogP contribution < -0.4 is 4.74 Å². The summed E-state index contributed by atoms with van der Waals surface area (Å²) in [6, 6.07) is 16.1. The largest absolute Gasteiger partial charge is 0.497 e. The summed E-state index contributed by atoms with van der Waals surface area (Å²) < 4.78 is 5.88. The molecule has 3 nitrogen and oxygen atoms in total. The zero-order valence-electron chi connectivity index (χ0n) is 10.8. The van der Waals surface area contributed by atoms with Gasteiger partial charge in [0.25, 0.3) is 0 Å². The highest BCUT2D eigenvalue weighted by Crippen LogP contribution is 2.24. The maximum absolute atomic E-state index is 12.4. The molecule has 0 amide bonds. The molecule has 100 valence electrons. The Morgan fingerprint density at radius 3 is 2.50 bits per heavy atom. The number of halogens is 1. The van der Waals surface area contributed by atoms with Gasteiger partial charge in [0.2, 0.25) is 0 Å². The number of rotatable bonds is 4. The SMILES string of the molecule is COc1ccc(C(C#N)C(=O)c2cccc(Br)c2)cc1. The molecule has 2 aromatic carbocycles. The standard InChI is InChI=1S/C16H12BrNO2/c1-20-14-7-5-11(6-8-14)15(10-18)16(19)12-3-2-4-13(17)9-12/h2-9,15H,1H3. The van der Waals surface area contributed by atoms with Crippen molar-refractivity contribution in [3.05, 3.63) is 64.1 Å². The van der Waals surface area contributed by atoms with E-state index in [-0.39, 0.29) is 5.78 Å². The Bertz CT molecular complexity index is 659. The minimum atomic E-state index is -0.810. The third-order valence-electron chi connectivity index (χ3n) is 2.95. The number of benzene rings is 2. The van der Waals surface area contributed by atoms with Crippen molar-refractivity contribution in [3.8, 4) is 11.8 Å². The molecule has 4 heteroatoms. The van der Waals surface area contributed by atoms with E-state index < -0.39 is 5.92 Å². The minimum absolute atomic E-state index is 0.209. The fourth-order valence-electron chi connectivity index (χ4n) is 1.89. The minimum Gasteiger partial charge on any atom is -0.497 e. The monoisotopic (exact) mass is 329 g/mol. The number of hydrogen-bond acceptors (Lipinski definition) is 3. The van der Waals surface area contributed by atoms with Crippen LogP contribution in [0, 0.1) is 11.3 Å². The molecule has 1 atom stereocenters. The molecule has 0 aliphatic rings. The van der Waals surface area contributed by atoms with Crippen LogP contribution in [0.2, 0.25) is 0 Å². The van der Waals surface area contributed by atoms with Crippen LogP contribution in [-0.4, -0.2) is 12.9 Å². The predicted octanol–water partition coefficient (Wildman–Crippen LogP) is 3.95. The van der Waals surface area contributed by atoms with E-state index in [1.54, 1.807) is 49.6 Å². The first-order valence-electron chi connectivity index (χ1n) is 5.99. The summed E-state index contributed by atoms with van der Waals surface area (Å²) in [5.74, 6) is -0.325. The van der Waals surface area contributed by atoms with Crippen molar-refractivity contribution in [1.29, 1.82) is 5.26 Å². The van der Waals surface area contributed by atoms with Gasteiger partial charge >= 0.3 is 0 Å². The van der Waals surface area contributed by atoms with E-state index in [1.807, 2.05) is 6.07 Å². The van der Waals surface area contributed by atoms with Crippen LogP contribution in [0.3, 0.4) is 0 Å². The van der Waals surface area contributed by atoms with E-state index in [4.69, 9.17) is 4.74 Å². The Kier molecular flexibility index (Phi) is 4.54. The third-order valence-corrected chi connectivity index (χ3v) is 3.44. The maximum atomic E-state index is 12.4. The number of ether oxygens (including phenoxy) is 1. The number of carbonyl (C=O) groups excluding carboxylic acids is 1. The smallest absolute Gasteiger partial charge is 0.184 e. The number of methoxy groups -OCH3 is 1. The fraction of sp³-hybridized carbons (Fsp3) is 0.125. The van der Waals surface area contributed by atoms with Crippen molar-refractivity contribution in [2.45, 2.75) is 5.92 Å². The number of nitrogens with zero attached hydrogens (tertiary/aromatic N) is 1. The van der Waals surface area contributed by atoms with Crippen molar-refractivity contribution >= 4 is 21.7 Å². The second kappa shape index (κ2) is 6.36. The molecule has 0 aliphatic heterocycles. The van der Waals surface area contributed by atoms with Crippen molar-refractivity contribution in [2.24, 2.45) is 0 Å². The van der Waals surface area contributed by atoms with Crippen LogP contribution in [0.1, 0.15) is 21.8 Å². The van der Waals surface area contributed by atoms with Crippen LogP contribution in [0.4, 0.5) is 0 Å². The van der Waals surface area contributed by atoms with Crippen molar-refractivity contribution in [3.63, 3.8) is 0 Å². The van der Waals surface area contributed by atoms with Gasteiger partial charge < -0.3 is 4.74 Å². The van der Waals surface area contributed by atoms with Gasteiger partial charge in [0.15, 0.2) is 5.78 Å². The zero-order valence-corrected chi connectivity index (χ0v) is 12.4. The van der Waals surface area contributed by atoms with Crippen LogP contribution in [0.15, 0.2) is 53.0 Å². The summed E-state index contributed by atoms with van der Waals surface area (Å²) >= 11 is 3.32. The molecule has 0 aliphatic carbocycles. The van der Waals surface area contributed by atoms with Gasteiger partial charge in [-0.3, -0.25) is 4.79 Å². The first-order valence-corrected chi connectivity index (χ1v) is 6.78. The molecule has 2 rings (SSSR count). The lowest BCUT2D eigenvalue weighted by Gasteiger charge is -2.09. The molecule has 0 aromatic heterocycles. The lowest BCUT2D eigenvalue weighted by molar-refractivity contribution is 0.0979. The van der Waals surface area contributed by atoms with Gasteiger partial charge in [-0.05, 0) is 29.8 Å². The molecule has 0 fully saturated rings. The Morgan fingerprint density at radius 1 is 1.25 bits per heavy atom. The van der Waals surface area contributed by atoms with Gasteiger partial charge in [-0.2, -0.15) is 5.26 Å². The van der Waals surface area contributed by atoms with Crippen molar-refractivity contribution in [1.82, 2.24) is 0 Å². The van der Waals surface area contributed by atoms with Crippen LogP contribution >= 0.6 is 15.9 Å². The second-order valence-corrected chi connectivity index (χ2v) is 5.13. The van der Waals surface area contributed by atoms with Gasteiger partial charge in [-0.1, -0.05) is 40.2 Å². The average molecular weight is 330 g/mol. The molecular formula is C16H12BrNO2. The van der Waals surface area contributed by atoms with E-state index in [9.17, 15) is 10.1 Å².